The first-order chi connectivity index (χ1) is 13.8. The maximum absolute atomic E-state index is 6.78. The molecule has 0 N–H and O–H groups in total. The van der Waals surface area contributed by atoms with E-state index in [1.165, 1.54) is 0 Å². The summed E-state index contributed by atoms with van der Waals surface area (Å²) in [5, 5.41) is 0. The van der Waals surface area contributed by atoms with E-state index in [9.17, 15) is 0 Å². The summed E-state index contributed by atoms with van der Waals surface area (Å²) in [6.07, 6.45) is 6.16. The lowest BCUT2D eigenvalue weighted by atomic mass is 9.11. The van der Waals surface area contributed by atoms with Gasteiger partial charge in [-0.3, -0.25) is 0 Å². The highest BCUT2D eigenvalue weighted by molar-refractivity contribution is 5.61. The van der Waals surface area contributed by atoms with E-state index in [-0.39, 0.29) is 11.6 Å². The van der Waals surface area contributed by atoms with Crippen molar-refractivity contribution in [1.82, 2.24) is 0 Å². The average Bonchev–Trinajstić information content (AvgIpc) is 3.46. The lowest BCUT2D eigenvalue weighted by Crippen LogP contribution is -2.88. The minimum Gasteiger partial charge on any atom is -0.347 e. The molecule has 0 aromatic heterocycles. The molecule has 6 spiro atoms. The van der Waals surface area contributed by atoms with E-state index in [2.05, 4.69) is 0 Å². The first kappa shape index (κ1) is 13.3. The smallest absolute Gasteiger partial charge is 0.175 e. The minimum atomic E-state index is -0.199. The summed E-state index contributed by atoms with van der Waals surface area (Å²) in [4.78, 5) is 0. The van der Waals surface area contributed by atoms with Crippen LogP contribution in [-0.2, 0) is 18.9 Å². The van der Waals surface area contributed by atoms with E-state index in [4.69, 9.17) is 18.9 Å². The SMILES string of the molecule is C1COC2(O1)[C@H]1C3C4[C@@H]5C6(OCCO6)[C@H]3C36CC7C8CC13C1(CC8C7CC516)[C@@H]42. The molecule has 12 bridgehead atoms. The highest BCUT2D eigenvalue weighted by atomic mass is 16.8. The molecule has 0 aromatic rings. The van der Waals surface area contributed by atoms with E-state index in [1.54, 1.807) is 25.7 Å². The normalized spacial score (nSPS) is 83.1. The third-order valence-corrected chi connectivity index (χ3v) is 14.9. The highest BCUT2D eigenvalue weighted by Crippen LogP contribution is 3.17. The molecule has 14 fully saturated rings. The monoisotopic (exact) mass is 378 g/mol. The molecule has 12 aliphatic carbocycles. The summed E-state index contributed by atoms with van der Waals surface area (Å²) in [5.41, 5.74) is 2.16. The van der Waals surface area contributed by atoms with E-state index in [1.807, 2.05) is 0 Å². The summed E-state index contributed by atoms with van der Waals surface area (Å²) in [6, 6.07) is 0. The Bertz CT molecular complexity index is 815. The average molecular weight is 378 g/mol. The molecule has 12 saturated carbocycles. The van der Waals surface area contributed by atoms with Gasteiger partial charge in [0, 0.05) is 23.7 Å². The van der Waals surface area contributed by atoms with Crippen LogP contribution in [0.3, 0.4) is 0 Å². The molecule has 146 valence electrons. The quantitative estimate of drug-likeness (QED) is 0.648. The largest absolute Gasteiger partial charge is 0.347 e. The van der Waals surface area contributed by atoms with Crippen molar-refractivity contribution in [3.8, 4) is 0 Å². The van der Waals surface area contributed by atoms with Crippen LogP contribution in [0.25, 0.3) is 0 Å². The zero-order valence-electron chi connectivity index (χ0n) is 16.1. The number of rotatable bonds is 0. The Kier molecular flexibility index (Phi) is 1.40. The zero-order valence-corrected chi connectivity index (χ0v) is 16.1. The molecule has 2 saturated heterocycles. The van der Waals surface area contributed by atoms with Crippen LogP contribution in [-0.4, -0.2) is 38.0 Å². The fourth-order valence-electron chi connectivity index (χ4n) is 16.6. The van der Waals surface area contributed by atoms with Crippen LogP contribution < -0.4 is 0 Å². The lowest BCUT2D eigenvalue weighted by molar-refractivity contribution is -0.455. The Morgan fingerprint density at radius 2 is 0.714 bits per heavy atom. The van der Waals surface area contributed by atoms with Crippen molar-refractivity contribution >= 4 is 0 Å². The van der Waals surface area contributed by atoms with Gasteiger partial charge in [-0.25, -0.2) is 0 Å². The van der Waals surface area contributed by atoms with Gasteiger partial charge >= 0.3 is 0 Å². The maximum atomic E-state index is 6.78. The van der Waals surface area contributed by atoms with Crippen LogP contribution >= 0.6 is 0 Å². The van der Waals surface area contributed by atoms with E-state index in [0.29, 0.717) is 45.3 Å². The fourth-order valence-corrected chi connectivity index (χ4v) is 16.6. The molecule has 4 heteroatoms. The van der Waals surface area contributed by atoms with E-state index in [0.717, 1.165) is 61.9 Å². The van der Waals surface area contributed by atoms with Gasteiger partial charge in [-0.15, -0.1) is 0 Å². The molecule has 14 aliphatic rings. The molecular formula is C24H26O4. The van der Waals surface area contributed by atoms with Crippen LogP contribution in [0.2, 0.25) is 0 Å². The number of ether oxygens (including phenoxy) is 4. The Morgan fingerprint density at radius 1 is 0.429 bits per heavy atom. The summed E-state index contributed by atoms with van der Waals surface area (Å²) < 4.78 is 27.1. The Morgan fingerprint density at radius 3 is 1.00 bits per heavy atom. The van der Waals surface area contributed by atoms with Crippen molar-refractivity contribution in [3.05, 3.63) is 0 Å². The van der Waals surface area contributed by atoms with Crippen LogP contribution in [0, 0.1) is 80.8 Å². The molecule has 0 amide bonds. The molecule has 2 aliphatic heterocycles. The predicted octanol–water partition coefficient (Wildman–Crippen LogP) is 2.28. The summed E-state index contributed by atoms with van der Waals surface area (Å²) in [7, 11) is 0. The summed E-state index contributed by atoms with van der Waals surface area (Å²) in [5.74, 6) is 8.06. The van der Waals surface area contributed by atoms with Crippen LogP contribution in [0.15, 0.2) is 0 Å². The topological polar surface area (TPSA) is 36.9 Å². The van der Waals surface area contributed by atoms with Crippen molar-refractivity contribution < 1.29 is 18.9 Å². The summed E-state index contributed by atoms with van der Waals surface area (Å²) in [6.45, 7) is 3.35. The van der Waals surface area contributed by atoms with Gasteiger partial charge < -0.3 is 18.9 Å². The van der Waals surface area contributed by atoms with E-state index >= 15 is 0 Å². The van der Waals surface area contributed by atoms with Crippen LogP contribution in [0.5, 0.6) is 0 Å². The maximum Gasteiger partial charge on any atom is 0.175 e. The van der Waals surface area contributed by atoms with Gasteiger partial charge in [0.05, 0.1) is 26.4 Å². The Labute approximate surface area is 164 Å². The van der Waals surface area contributed by atoms with Gasteiger partial charge in [0.15, 0.2) is 11.6 Å². The first-order valence-corrected chi connectivity index (χ1v) is 12.3. The van der Waals surface area contributed by atoms with Gasteiger partial charge in [-0.1, -0.05) is 0 Å². The highest BCUT2D eigenvalue weighted by Gasteiger charge is 3.17. The molecule has 0 aromatic carbocycles. The van der Waals surface area contributed by atoms with Crippen molar-refractivity contribution in [3.63, 3.8) is 0 Å². The second kappa shape index (κ2) is 2.96. The molecule has 6 atom stereocenters. The molecule has 28 heavy (non-hydrogen) atoms. The molecule has 2 heterocycles. The van der Waals surface area contributed by atoms with Crippen molar-refractivity contribution in [1.29, 1.82) is 0 Å². The van der Waals surface area contributed by atoms with Crippen molar-refractivity contribution in [2.24, 2.45) is 80.8 Å². The summed E-state index contributed by atoms with van der Waals surface area (Å²) >= 11 is 0. The second-order valence-corrected chi connectivity index (χ2v) is 13.3. The van der Waals surface area contributed by atoms with Gasteiger partial charge in [0.25, 0.3) is 0 Å². The van der Waals surface area contributed by atoms with Crippen LogP contribution in [0.4, 0.5) is 0 Å². The molecule has 4 nitrogen and oxygen atoms in total. The van der Waals surface area contributed by atoms with Gasteiger partial charge in [0.1, 0.15) is 0 Å². The van der Waals surface area contributed by atoms with Crippen LogP contribution in [0.1, 0.15) is 25.7 Å². The molecule has 14 rings (SSSR count). The minimum absolute atomic E-state index is 0.199. The van der Waals surface area contributed by atoms with Gasteiger partial charge in [-0.2, -0.15) is 0 Å². The second-order valence-electron chi connectivity index (χ2n) is 13.3. The molecular weight excluding hydrogens is 352 g/mol. The third kappa shape index (κ3) is 0.640. The Hall–Kier alpha value is -0.160. The first-order valence-electron chi connectivity index (χ1n) is 12.3. The van der Waals surface area contributed by atoms with Crippen molar-refractivity contribution in [2.45, 2.75) is 37.3 Å². The van der Waals surface area contributed by atoms with Crippen molar-refractivity contribution in [2.75, 3.05) is 26.4 Å². The third-order valence-electron chi connectivity index (χ3n) is 14.9. The van der Waals surface area contributed by atoms with Gasteiger partial charge in [0.2, 0.25) is 0 Å². The molecule has 2 unspecified atom stereocenters. The number of hydrogen-bond donors (Lipinski definition) is 0. The van der Waals surface area contributed by atoms with E-state index < -0.39 is 0 Å². The molecule has 0 radical (unpaired) electrons. The number of hydrogen-bond acceptors (Lipinski definition) is 4. The fraction of sp³-hybridized carbons (Fsp3) is 1.00. The predicted molar refractivity (Wildman–Crippen MR) is 92.4 cm³/mol. The standard InChI is InChI=1S/C24H26O4/c1-2-26-23(25-1)15-13-14-16(23)20-6-10-9-5-19(15,20)21-7-11(9)12(10)8-22(20,21)18(14)24(17(13)21)27-3-4-28-24/h9-18H,1-8H2/t9?,10?,11?,12?,13?,14?,15-,16+,17+,18-,19?,20?,21?,22?. The van der Waals surface area contributed by atoms with Gasteiger partial charge in [-0.05, 0) is 82.9 Å². The Balaban J connectivity index is 1.30. The lowest BCUT2D eigenvalue weighted by Gasteiger charge is -2.92. The zero-order chi connectivity index (χ0) is 17.3.